The molecule has 1 amide bonds. The number of carbonyl (C=O) groups is 1. The SMILES string of the molecule is CN1C(=O)C2=C([C@H]3C[C@]1(C)c1nc4ccccc4n13)C(Cl)(OC(F)F)CC=C2. The lowest BCUT2D eigenvalue weighted by Crippen LogP contribution is -2.44. The third-order valence-corrected chi connectivity index (χ3v) is 6.67. The van der Waals surface area contributed by atoms with Crippen molar-refractivity contribution in [2.45, 2.75) is 43.0 Å². The maximum Gasteiger partial charge on any atom is 0.347 e. The molecule has 1 unspecified atom stereocenters. The molecule has 1 aromatic carbocycles. The molecule has 0 saturated carbocycles. The number of benzene rings is 1. The standard InChI is InChI=1S/C20H18ClF2N3O2/c1-19-10-14(26-13-8-4-3-7-12(13)24-17(19)26)15-11(16(27)25(19)2)6-5-9-20(15,21)28-18(22)23/h3-8,14,18H,9-10H2,1-2H3/t14-,19-,20?/m1/s1. The van der Waals surface area contributed by atoms with Crippen LogP contribution in [0, 0.1) is 0 Å². The quantitative estimate of drug-likeness (QED) is 0.707. The number of imidazole rings is 1. The molecule has 3 aliphatic rings. The molecule has 3 heterocycles. The Bertz CT molecular complexity index is 1080. The van der Waals surface area contributed by atoms with Gasteiger partial charge in [-0.15, -0.1) is 0 Å². The maximum absolute atomic E-state index is 13.3. The zero-order valence-electron chi connectivity index (χ0n) is 15.3. The number of likely N-dealkylation sites (N-methyl/N-ethyl adjacent to an activating group) is 1. The Kier molecular flexibility index (Phi) is 3.59. The number of para-hydroxylation sites is 2. The highest BCUT2D eigenvalue weighted by atomic mass is 35.5. The molecule has 0 saturated heterocycles. The highest BCUT2D eigenvalue weighted by Crippen LogP contribution is 2.56. The van der Waals surface area contributed by atoms with E-state index in [1.165, 1.54) is 0 Å². The molecule has 0 spiro atoms. The van der Waals surface area contributed by atoms with Crippen LogP contribution in [0.4, 0.5) is 8.78 Å². The molecule has 8 heteroatoms. The van der Waals surface area contributed by atoms with Crippen molar-refractivity contribution in [1.29, 1.82) is 0 Å². The fourth-order valence-corrected chi connectivity index (χ4v) is 5.20. The van der Waals surface area contributed by atoms with Crippen LogP contribution < -0.4 is 0 Å². The van der Waals surface area contributed by atoms with Crippen molar-refractivity contribution in [1.82, 2.24) is 14.5 Å². The van der Waals surface area contributed by atoms with Crippen LogP contribution in [0.3, 0.4) is 0 Å². The van der Waals surface area contributed by atoms with E-state index in [-0.39, 0.29) is 12.3 Å². The van der Waals surface area contributed by atoms with Crippen LogP contribution in [-0.2, 0) is 15.1 Å². The van der Waals surface area contributed by atoms with Crippen LogP contribution in [0.1, 0.15) is 31.6 Å². The second-order valence-electron chi connectivity index (χ2n) is 7.69. The van der Waals surface area contributed by atoms with Gasteiger partial charge in [0.15, 0.2) is 5.06 Å². The third kappa shape index (κ3) is 2.14. The molecule has 146 valence electrons. The predicted octanol–water partition coefficient (Wildman–Crippen LogP) is 4.10. The summed E-state index contributed by atoms with van der Waals surface area (Å²) in [6.45, 7) is -1.10. The molecule has 1 aliphatic carbocycles. The van der Waals surface area contributed by atoms with Gasteiger partial charge in [0.2, 0.25) is 0 Å². The molecule has 0 radical (unpaired) electrons. The Balaban J connectivity index is 1.83. The van der Waals surface area contributed by atoms with Gasteiger partial charge < -0.3 is 9.47 Å². The summed E-state index contributed by atoms with van der Waals surface area (Å²) in [6.07, 6.45) is 3.85. The number of ether oxygens (including phenoxy) is 1. The van der Waals surface area contributed by atoms with Crippen molar-refractivity contribution in [3.63, 3.8) is 0 Å². The lowest BCUT2D eigenvalue weighted by molar-refractivity contribution is -0.168. The summed E-state index contributed by atoms with van der Waals surface area (Å²) < 4.78 is 33.4. The summed E-state index contributed by atoms with van der Waals surface area (Å²) >= 11 is 6.64. The number of alkyl halides is 3. The summed E-state index contributed by atoms with van der Waals surface area (Å²) in [5.74, 6) is 0.462. The number of fused-ring (bicyclic) bond motifs is 8. The molecule has 2 aliphatic heterocycles. The van der Waals surface area contributed by atoms with E-state index in [9.17, 15) is 13.6 Å². The predicted molar refractivity (Wildman–Crippen MR) is 100.0 cm³/mol. The van der Waals surface area contributed by atoms with E-state index in [2.05, 4.69) is 0 Å². The minimum Gasteiger partial charge on any atom is -0.329 e. The van der Waals surface area contributed by atoms with Crippen LogP contribution in [0.25, 0.3) is 11.0 Å². The number of aromatic nitrogens is 2. The summed E-state index contributed by atoms with van der Waals surface area (Å²) in [5, 5.41) is -1.78. The van der Waals surface area contributed by atoms with Gasteiger partial charge >= 0.3 is 6.61 Å². The largest absolute Gasteiger partial charge is 0.347 e. The van der Waals surface area contributed by atoms with Gasteiger partial charge in [0.1, 0.15) is 11.4 Å². The maximum atomic E-state index is 13.3. The molecule has 0 N–H and O–H groups in total. The van der Waals surface area contributed by atoms with Crippen LogP contribution in [-0.4, -0.2) is 39.1 Å². The zero-order chi connectivity index (χ0) is 19.8. The molecule has 28 heavy (non-hydrogen) atoms. The van der Waals surface area contributed by atoms with Gasteiger partial charge in [-0.2, -0.15) is 8.78 Å². The van der Waals surface area contributed by atoms with Crippen molar-refractivity contribution in [2.75, 3.05) is 7.05 Å². The fourth-order valence-electron chi connectivity index (χ4n) is 4.82. The van der Waals surface area contributed by atoms with E-state index in [0.717, 1.165) is 16.9 Å². The van der Waals surface area contributed by atoms with Gasteiger partial charge in [-0.1, -0.05) is 35.9 Å². The van der Waals surface area contributed by atoms with Crippen molar-refractivity contribution in [3.8, 4) is 0 Å². The van der Waals surface area contributed by atoms with Gasteiger partial charge in [-0.05, 0) is 19.1 Å². The monoisotopic (exact) mass is 405 g/mol. The number of carbonyl (C=O) groups excluding carboxylic acids is 1. The van der Waals surface area contributed by atoms with Crippen LogP contribution in [0.5, 0.6) is 0 Å². The minimum absolute atomic E-state index is 0.0594. The average Bonchev–Trinajstić information content (AvgIpc) is 3.13. The molecule has 3 atom stereocenters. The highest BCUT2D eigenvalue weighted by Gasteiger charge is 2.56. The van der Waals surface area contributed by atoms with E-state index < -0.39 is 23.3 Å². The van der Waals surface area contributed by atoms with Gasteiger partial charge in [-0.3, -0.25) is 9.53 Å². The first-order chi connectivity index (χ1) is 13.3. The highest BCUT2D eigenvalue weighted by molar-refractivity contribution is 6.26. The Hall–Kier alpha value is -2.25. The van der Waals surface area contributed by atoms with Crippen molar-refractivity contribution >= 4 is 28.5 Å². The number of hydrogen-bond donors (Lipinski definition) is 0. The van der Waals surface area contributed by atoms with Crippen molar-refractivity contribution in [3.05, 3.63) is 53.4 Å². The number of hydrogen-bond acceptors (Lipinski definition) is 3. The second-order valence-corrected chi connectivity index (χ2v) is 8.30. The molecular formula is C20H18ClF2N3O2. The number of nitrogens with zero attached hydrogens (tertiary/aromatic N) is 3. The first-order valence-corrected chi connectivity index (χ1v) is 9.46. The van der Waals surface area contributed by atoms with E-state index >= 15 is 0 Å². The zero-order valence-corrected chi connectivity index (χ0v) is 16.1. The van der Waals surface area contributed by atoms with Gasteiger partial charge in [0.25, 0.3) is 5.91 Å². The van der Waals surface area contributed by atoms with E-state index in [0.29, 0.717) is 17.6 Å². The first kappa shape index (κ1) is 17.8. The topological polar surface area (TPSA) is 47.4 Å². The molecule has 2 aromatic rings. The fraction of sp³-hybridized carbons (Fsp3) is 0.400. The second kappa shape index (κ2) is 5.64. The normalized spacial score (nSPS) is 31.6. The van der Waals surface area contributed by atoms with Gasteiger partial charge in [0.05, 0.1) is 17.1 Å². The first-order valence-electron chi connectivity index (χ1n) is 9.08. The van der Waals surface area contributed by atoms with Crippen molar-refractivity contribution < 1.29 is 18.3 Å². The number of halogens is 3. The molecular weight excluding hydrogens is 388 g/mol. The number of rotatable bonds is 2. The van der Waals surface area contributed by atoms with Gasteiger partial charge in [0, 0.05) is 31.0 Å². The van der Waals surface area contributed by atoms with Crippen molar-refractivity contribution in [2.24, 2.45) is 0 Å². The Morgan fingerprint density at radius 2 is 2.11 bits per heavy atom. The molecule has 0 fully saturated rings. The smallest absolute Gasteiger partial charge is 0.329 e. The summed E-state index contributed by atoms with van der Waals surface area (Å²) in [7, 11) is 1.72. The summed E-state index contributed by atoms with van der Waals surface area (Å²) in [4.78, 5) is 19.7. The average molecular weight is 406 g/mol. The summed E-state index contributed by atoms with van der Waals surface area (Å²) in [5.41, 5.74) is 1.70. The number of amides is 1. The Morgan fingerprint density at radius 3 is 2.86 bits per heavy atom. The molecule has 5 nitrogen and oxygen atoms in total. The molecule has 5 rings (SSSR count). The van der Waals surface area contributed by atoms with Crippen LogP contribution >= 0.6 is 11.6 Å². The summed E-state index contributed by atoms with van der Waals surface area (Å²) in [6, 6.07) is 7.24. The third-order valence-electron chi connectivity index (χ3n) is 6.22. The van der Waals surface area contributed by atoms with Crippen LogP contribution in [0.2, 0.25) is 0 Å². The minimum atomic E-state index is -3.05. The Morgan fingerprint density at radius 1 is 1.36 bits per heavy atom. The van der Waals surface area contributed by atoms with E-state index in [1.807, 2.05) is 35.8 Å². The lowest BCUT2D eigenvalue weighted by Gasteiger charge is -2.37. The molecule has 1 aromatic heterocycles. The Labute approximate surface area is 165 Å². The van der Waals surface area contributed by atoms with E-state index in [4.69, 9.17) is 21.3 Å². The molecule has 2 bridgehead atoms. The van der Waals surface area contributed by atoms with E-state index in [1.54, 1.807) is 24.1 Å². The lowest BCUT2D eigenvalue weighted by atomic mass is 9.86. The van der Waals surface area contributed by atoms with Gasteiger partial charge in [-0.25, -0.2) is 4.98 Å². The van der Waals surface area contributed by atoms with Crippen LogP contribution in [0.15, 0.2) is 47.6 Å².